The van der Waals surface area contributed by atoms with Gasteiger partial charge in [0.25, 0.3) is 0 Å². The Balaban J connectivity index is 1.36. The molecule has 33 heavy (non-hydrogen) atoms. The molecule has 1 aromatic carbocycles. The quantitative estimate of drug-likeness (QED) is 0.591. The van der Waals surface area contributed by atoms with E-state index in [1.165, 1.54) is 0 Å². The van der Waals surface area contributed by atoms with Crippen molar-refractivity contribution in [1.29, 1.82) is 5.26 Å². The Morgan fingerprint density at radius 1 is 1.24 bits per heavy atom. The van der Waals surface area contributed by atoms with Crippen molar-refractivity contribution in [2.75, 3.05) is 26.2 Å². The molecule has 3 heterocycles. The second-order valence-corrected chi connectivity index (χ2v) is 9.70. The van der Waals surface area contributed by atoms with Crippen LogP contribution in [0.2, 0.25) is 0 Å². The highest BCUT2D eigenvalue weighted by Gasteiger charge is 2.24. The van der Waals surface area contributed by atoms with Crippen LogP contribution in [0.3, 0.4) is 0 Å². The fourth-order valence-electron chi connectivity index (χ4n) is 4.54. The molecule has 0 amide bonds. The number of likely N-dealkylation sites (tertiary alicyclic amines) is 1. The number of nitriles is 1. The van der Waals surface area contributed by atoms with E-state index in [9.17, 15) is 10.4 Å². The van der Waals surface area contributed by atoms with Gasteiger partial charge in [0.05, 0.1) is 23.4 Å². The number of hydrogen-bond donors (Lipinski definition) is 1. The molecule has 0 bridgehead atoms. The van der Waals surface area contributed by atoms with Crippen molar-refractivity contribution in [3.8, 4) is 23.1 Å². The van der Waals surface area contributed by atoms with E-state index in [0.29, 0.717) is 18.0 Å². The van der Waals surface area contributed by atoms with Crippen LogP contribution >= 0.6 is 0 Å². The van der Waals surface area contributed by atoms with Crippen LogP contribution in [0.5, 0.6) is 5.75 Å². The topological polar surface area (TPSA) is 100 Å². The fourth-order valence-corrected chi connectivity index (χ4v) is 4.54. The molecule has 0 atom stereocenters. The van der Waals surface area contributed by atoms with Gasteiger partial charge in [-0.05, 0) is 88.9 Å². The first-order valence-electron chi connectivity index (χ1n) is 11.5. The number of pyridine rings is 1. The van der Waals surface area contributed by atoms with Crippen LogP contribution in [0.1, 0.15) is 44.4 Å². The summed E-state index contributed by atoms with van der Waals surface area (Å²) in [6.07, 6.45) is 3.33. The van der Waals surface area contributed by atoms with Gasteiger partial charge in [-0.25, -0.2) is 9.67 Å². The maximum atomic E-state index is 10.0. The minimum absolute atomic E-state index is 0.280. The van der Waals surface area contributed by atoms with Crippen LogP contribution in [0, 0.1) is 24.2 Å². The Morgan fingerprint density at radius 3 is 2.67 bits per heavy atom. The lowest BCUT2D eigenvalue weighted by molar-refractivity contribution is 0.0231. The molecule has 0 spiro atoms. The zero-order chi connectivity index (χ0) is 23.6. The van der Waals surface area contributed by atoms with E-state index in [0.717, 1.165) is 67.0 Å². The second kappa shape index (κ2) is 9.46. The van der Waals surface area contributed by atoms with Crippen LogP contribution in [0.25, 0.3) is 22.3 Å². The second-order valence-electron chi connectivity index (χ2n) is 9.70. The minimum Gasteiger partial charge on any atom is -0.493 e. The van der Waals surface area contributed by atoms with Gasteiger partial charge in [0.15, 0.2) is 5.69 Å². The number of β-amino-alcohol motifs (C(OH)–C–C–N with tert-alkyl or cyclic N) is 1. The van der Waals surface area contributed by atoms with Gasteiger partial charge >= 0.3 is 0 Å². The summed E-state index contributed by atoms with van der Waals surface area (Å²) in [7, 11) is 1.81. The number of ether oxygens (including phenoxy) is 1. The zero-order valence-electron chi connectivity index (χ0n) is 19.9. The van der Waals surface area contributed by atoms with Crippen molar-refractivity contribution in [3.63, 3.8) is 0 Å². The molecule has 4 rings (SSSR count). The molecule has 1 fully saturated rings. The first-order valence-corrected chi connectivity index (χ1v) is 11.5. The van der Waals surface area contributed by atoms with Gasteiger partial charge in [-0.1, -0.05) is 5.21 Å². The molecule has 1 aliphatic rings. The maximum absolute atomic E-state index is 10.0. The van der Waals surface area contributed by atoms with Crippen LogP contribution in [-0.2, 0) is 7.05 Å². The smallest absolute Gasteiger partial charge is 0.170 e. The van der Waals surface area contributed by atoms with Crippen molar-refractivity contribution in [1.82, 2.24) is 24.9 Å². The first kappa shape index (κ1) is 23.1. The Bertz CT molecular complexity index is 1170. The zero-order valence-corrected chi connectivity index (χ0v) is 19.9. The Morgan fingerprint density at radius 2 is 2.00 bits per heavy atom. The molecule has 0 saturated carbocycles. The number of piperidine rings is 1. The van der Waals surface area contributed by atoms with Crippen molar-refractivity contribution in [2.45, 2.75) is 45.6 Å². The van der Waals surface area contributed by atoms with Crippen LogP contribution in [-0.4, -0.2) is 61.8 Å². The van der Waals surface area contributed by atoms with E-state index in [1.807, 2.05) is 45.0 Å². The summed E-state index contributed by atoms with van der Waals surface area (Å²) in [4.78, 5) is 6.84. The van der Waals surface area contributed by atoms with Gasteiger partial charge in [-0.3, -0.25) is 0 Å². The number of rotatable bonds is 7. The molecule has 8 nitrogen and oxygen atoms in total. The standard InChI is InChI=1S/C25H32N6O2/c1-17-13-19(20-14-22-24(21(15-26)27-20)28-29-30(22)4)5-6-23(17)33-12-9-18-7-10-31(11-8-18)16-25(2,3)32/h5-6,13-14,18,32H,7-12,16H2,1-4H3. The predicted octanol–water partition coefficient (Wildman–Crippen LogP) is 3.46. The highest BCUT2D eigenvalue weighted by atomic mass is 16.5. The highest BCUT2D eigenvalue weighted by molar-refractivity contribution is 5.83. The maximum Gasteiger partial charge on any atom is 0.170 e. The van der Waals surface area contributed by atoms with Gasteiger partial charge in [0.1, 0.15) is 17.3 Å². The Hall–Kier alpha value is -3.02. The number of aryl methyl sites for hydroxylation is 2. The molecular formula is C25H32N6O2. The van der Waals surface area contributed by atoms with Crippen LogP contribution in [0.4, 0.5) is 0 Å². The lowest BCUT2D eigenvalue weighted by Gasteiger charge is -2.35. The van der Waals surface area contributed by atoms with Crippen molar-refractivity contribution in [2.24, 2.45) is 13.0 Å². The van der Waals surface area contributed by atoms with Gasteiger partial charge in [0.2, 0.25) is 0 Å². The normalized spacial score (nSPS) is 15.6. The third-order valence-electron chi connectivity index (χ3n) is 6.28. The van der Waals surface area contributed by atoms with Gasteiger partial charge in [-0.2, -0.15) is 5.26 Å². The molecule has 2 aromatic heterocycles. The average molecular weight is 449 g/mol. The third kappa shape index (κ3) is 5.49. The number of aliphatic hydroxyl groups is 1. The van der Waals surface area contributed by atoms with E-state index in [4.69, 9.17) is 4.74 Å². The highest BCUT2D eigenvalue weighted by Crippen LogP contribution is 2.29. The van der Waals surface area contributed by atoms with Crippen LogP contribution < -0.4 is 4.74 Å². The number of benzene rings is 1. The van der Waals surface area contributed by atoms with E-state index in [-0.39, 0.29) is 5.69 Å². The first-order chi connectivity index (χ1) is 15.7. The number of aromatic nitrogens is 4. The van der Waals surface area contributed by atoms with Crippen molar-refractivity contribution in [3.05, 3.63) is 35.5 Å². The summed E-state index contributed by atoms with van der Waals surface area (Å²) < 4.78 is 7.76. The summed E-state index contributed by atoms with van der Waals surface area (Å²) in [5, 5.41) is 27.5. The molecule has 0 unspecified atom stereocenters. The Labute approximate surface area is 194 Å². The molecule has 8 heteroatoms. The molecule has 3 aromatic rings. The van der Waals surface area contributed by atoms with Crippen molar-refractivity contribution < 1.29 is 9.84 Å². The largest absolute Gasteiger partial charge is 0.493 e. The summed E-state index contributed by atoms with van der Waals surface area (Å²) >= 11 is 0. The van der Waals surface area contributed by atoms with E-state index < -0.39 is 5.60 Å². The van der Waals surface area contributed by atoms with E-state index in [2.05, 4.69) is 26.3 Å². The summed E-state index contributed by atoms with van der Waals surface area (Å²) in [5.41, 5.74) is 3.63. The molecular weight excluding hydrogens is 416 g/mol. The molecule has 174 valence electrons. The van der Waals surface area contributed by atoms with E-state index in [1.54, 1.807) is 11.7 Å². The fraction of sp³-hybridized carbons (Fsp3) is 0.520. The van der Waals surface area contributed by atoms with Crippen LogP contribution in [0.15, 0.2) is 24.3 Å². The number of hydrogen-bond acceptors (Lipinski definition) is 7. The lowest BCUT2D eigenvalue weighted by Crippen LogP contribution is -2.43. The van der Waals surface area contributed by atoms with Gasteiger partial charge in [0, 0.05) is 19.2 Å². The molecule has 0 radical (unpaired) electrons. The summed E-state index contributed by atoms with van der Waals surface area (Å²) in [5.74, 6) is 1.54. The monoisotopic (exact) mass is 448 g/mol. The van der Waals surface area contributed by atoms with Crippen molar-refractivity contribution >= 4 is 11.0 Å². The Kier molecular flexibility index (Phi) is 6.63. The SMILES string of the molecule is Cc1cc(-c2cc3c(nnn3C)c(C#N)n2)ccc1OCCC1CCN(CC(C)(C)O)CC1. The summed E-state index contributed by atoms with van der Waals surface area (Å²) in [6.45, 7) is 9.27. The minimum atomic E-state index is -0.633. The van der Waals surface area contributed by atoms with Gasteiger partial charge < -0.3 is 14.7 Å². The molecule has 1 N–H and O–H groups in total. The summed E-state index contributed by atoms with van der Waals surface area (Å²) in [6, 6.07) is 10.0. The molecule has 0 aliphatic carbocycles. The van der Waals surface area contributed by atoms with E-state index >= 15 is 0 Å². The lowest BCUT2D eigenvalue weighted by atomic mass is 9.93. The number of nitrogens with zero attached hydrogens (tertiary/aromatic N) is 6. The van der Waals surface area contributed by atoms with Gasteiger partial charge in [-0.15, -0.1) is 5.10 Å². The molecule has 1 saturated heterocycles. The number of fused-ring (bicyclic) bond motifs is 1. The third-order valence-corrected chi connectivity index (χ3v) is 6.28. The predicted molar refractivity (Wildman–Crippen MR) is 127 cm³/mol. The molecule has 1 aliphatic heterocycles. The average Bonchev–Trinajstić information content (AvgIpc) is 3.15.